The zero-order valence-corrected chi connectivity index (χ0v) is 10.1. The first-order valence-corrected chi connectivity index (χ1v) is 5.89. The van der Waals surface area contributed by atoms with Gasteiger partial charge in [0.15, 0.2) is 0 Å². The number of benzene rings is 1. The van der Waals surface area contributed by atoms with E-state index in [1.54, 1.807) is 24.3 Å². The summed E-state index contributed by atoms with van der Waals surface area (Å²) in [5.41, 5.74) is 1.12. The van der Waals surface area contributed by atoms with Gasteiger partial charge in [-0.3, -0.25) is 4.79 Å². The third-order valence-corrected chi connectivity index (χ3v) is 2.83. The van der Waals surface area contributed by atoms with Crippen molar-refractivity contribution >= 4 is 21.9 Å². The van der Waals surface area contributed by atoms with Crippen molar-refractivity contribution in [3.05, 3.63) is 35.4 Å². The largest absolute Gasteiger partial charge is 0.481 e. The normalized spacial score (nSPS) is 14.4. The molecule has 1 aromatic carbocycles. The van der Waals surface area contributed by atoms with Gasteiger partial charge in [0, 0.05) is 5.33 Å². The molecule has 0 aromatic heterocycles. The summed E-state index contributed by atoms with van der Waals surface area (Å²) in [5.74, 6) is -0.923. The van der Waals surface area contributed by atoms with Crippen molar-refractivity contribution in [1.29, 1.82) is 0 Å². The molecule has 0 bridgehead atoms. The third kappa shape index (κ3) is 3.59. The van der Waals surface area contributed by atoms with Gasteiger partial charge in [-0.1, -0.05) is 40.2 Å². The molecule has 0 radical (unpaired) electrons. The number of hydrogen-bond acceptors (Lipinski definition) is 3. The molecule has 2 unspecified atom stereocenters. The molecule has 1 rings (SSSR count). The highest BCUT2D eigenvalue weighted by Gasteiger charge is 2.17. The van der Waals surface area contributed by atoms with Gasteiger partial charge in [0.05, 0.1) is 12.5 Å². The van der Waals surface area contributed by atoms with Gasteiger partial charge in [0.25, 0.3) is 0 Å². The summed E-state index contributed by atoms with van der Waals surface area (Å²) in [7, 11) is 0. The van der Waals surface area contributed by atoms with Crippen LogP contribution in [0.3, 0.4) is 0 Å². The lowest BCUT2D eigenvalue weighted by molar-refractivity contribution is -0.136. The van der Waals surface area contributed by atoms with Crippen molar-refractivity contribution in [3.63, 3.8) is 0 Å². The van der Waals surface area contributed by atoms with E-state index in [2.05, 4.69) is 15.9 Å². The average Bonchev–Trinajstić information content (AvgIpc) is 2.26. The molecular formula is C11H13BrO4. The van der Waals surface area contributed by atoms with Gasteiger partial charge < -0.3 is 15.3 Å². The highest BCUT2D eigenvalue weighted by molar-refractivity contribution is 9.09. The first kappa shape index (κ1) is 13.2. The Balaban J connectivity index is 2.85. The van der Waals surface area contributed by atoms with Crippen LogP contribution in [0.4, 0.5) is 0 Å². The molecule has 0 aliphatic rings. The number of aliphatic hydroxyl groups excluding tert-OH is 2. The minimum Gasteiger partial charge on any atom is -0.481 e. The molecule has 3 N–H and O–H groups in total. The lowest BCUT2D eigenvalue weighted by atomic mass is 10.0. The van der Waals surface area contributed by atoms with Crippen LogP contribution in [0.2, 0.25) is 0 Å². The number of alkyl halides is 1. The Morgan fingerprint density at radius 1 is 1.38 bits per heavy atom. The standard InChI is InChI=1S/C11H13BrO4/c12-6-9(13)11(16)8-3-1-2-7(4-8)5-10(14)15/h1-4,9,11,13,16H,5-6H2,(H,14,15). The Labute approximate surface area is 102 Å². The fourth-order valence-corrected chi connectivity index (χ4v) is 1.72. The van der Waals surface area contributed by atoms with Gasteiger partial charge in [-0.25, -0.2) is 0 Å². The third-order valence-electron chi connectivity index (χ3n) is 2.17. The molecule has 0 saturated carbocycles. The van der Waals surface area contributed by atoms with Crippen LogP contribution in [0.15, 0.2) is 24.3 Å². The average molecular weight is 289 g/mol. The molecule has 0 amide bonds. The molecule has 0 aliphatic carbocycles. The van der Waals surface area contributed by atoms with E-state index in [-0.39, 0.29) is 11.8 Å². The summed E-state index contributed by atoms with van der Waals surface area (Å²) in [4.78, 5) is 10.5. The van der Waals surface area contributed by atoms with E-state index in [4.69, 9.17) is 5.11 Å². The van der Waals surface area contributed by atoms with E-state index in [1.165, 1.54) is 0 Å². The van der Waals surface area contributed by atoms with Crippen LogP contribution < -0.4 is 0 Å². The summed E-state index contributed by atoms with van der Waals surface area (Å²) in [5, 5.41) is 28.1. The molecule has 0 heterocycles. The second-order valence-electron chi connectivity index (χ2n) is 3.48. The zero-order chi connectivity index (χ0) is 12.1. The maximum atomic E-state index is 10.5. The predicted molar refractivity (Wildman–Crippen MR) is 62.5 cm³/mol. The molecule has 88 valence electrons. The number of halogens is 1. The van der Waals surface area contributed by atoms with Crippen LogP contribution in [0.1, 0.15) is 17.2 Å². The Morgan fingerprint density at radius 2 is 2.06 bits per heavy atom. The molecule has 0 spiro atoms. The number of carboxylic acid groups (broad SMARTS) is 1. The van der Waals surface area contributed by atoms with Crippen molar-refractivity contribution < 1.29 is 20.1 Å². The SMILES string of the molecule is O=C(O)Cc1cccc(C(O)C(O)CBr)c1. The quantitative estimate of drug-likeness (QED) is 0.709. The Morgan fingerprint density at radius 3 is 2.62 bits per heavy atom. The van der Waals surface area contributed by atoms with Gasteiger partial charge in [-0.15, -0.1) is 0 Å². The molecule has 0 saturated heterocycles. The summed E-state index contributed by atoms with van der Waals surface area (Å²) >= 11 is 3.07. The van der Waals surface area contributed by atoms with E-state index >= 15 is 0 Å². The van der Waals surface area contributed by atoms with Gasteiger partial charge >= 0.3 is 5.97 Å². The summed E-state index contributed by atoms with van der Waals surface area (Å²) in [6.07, 6.45) is -2.00. The monoisotopic (exact) mass is 288 g/mol. The van der Waals surface area contributed by atoms with Crippen molar-refractivity contribution in [1.82, 2.24) is 0 Å². The van der Waals surface area contributed by atoms with E-state index < -0.39 is 18.2 Å². The minimum absolute atomic E-state index is 0.0923. The van der Waals surface area contributed by atoms with E-state index in [0.717, 1.165) is 0 Å². The van der Waals surface area contributed by atoms with Gasteiger partial charge in [-0.2, -0.15) is 0 Å². The molecular weight excluding hydrogens is 276 g/mol. The van der Waals surface area contributed by atoms with Crippen molar-refractivity contribution in [2.24, 2.45) is 0 Å². The maximum Gasteiger partial charge on any atom is 0.307 e. The number of aliphatic carboxylic acids is 1. The first-order valence-electron chi connectivity index (χ1n) is 4.77. The number of rotatable bonds is 5. The predicted octanol–water partition coefficient (Wildman–Crippen LogP) is 1.10. The fourth-order valence-electron chi connectivity index (χ4n) is 1.37. The second kappa shape index (κ2) is 5.98. The van der Waals surface area contributed by atoms with Crippen molar-refractivity contribution in [2.45, 2.75) is 18.6 Å². The molecule has 1 aromatic rings. The molecule has 0 fully saturated rings. The lowest BCUT2D eigenvalue weighted by Crippen LogP contribution is -2.19. The second-order valence-corrected chi connectivity index (χ2v) is 4.13. The van der Waals surface area contributed by atoms with Gasteiger partial charge in [-0.05, 0) is 11.1 Å². The Bertz CT molecular complexity index is 367. The topological polar surface area (TPSA) is 77.8 Å². The van der Waals surface area contributed by atoms with E-state index in [9.17, 15) is 15.0 Å². The molecule has 0 aliphatic heterocycles. The van der Waals surface area contributed by atoms with Crippen molar-refractivity contribution in [3.8, 4) is 0 Å². The van der Waals surface area contributed by atoms with Gasteiger partial charge in [0.1, 0.15) is 6.10 Å². The molecule has 4 nitrogen and oxygen atoms in total. The van der Waals surface area contributed by atoms with E-state index in [0.29, 0.717) is 11.1 Å². The van der Waals surface area contributed by atoms with Crippen LogP contribution in [0, 0.1) is 0 Å². The van der Waals surface area contributed by atoms with Crippen LogP contribution in [0.25, 0.3) is 0 Å². The molecule has 5 heteroatoms. The fraction of sp³-hybridized carbons (Fsp3) is 0.364. The van der Waals surface area contributed by atoms with Gasteiger partial charge in [0.2, 0.25) is 0 Å². The zero-order valence-electron chi connectivity index (χ0n) is 8.51. The van der Waals surface area contributed by atoms with Crippen molar-refractivity contribution in [2.75, 3.05) is 5.33 Å². The summed E-state index contributed by atoms with van der Waals surface area (Å²) < 4.78 is 0. The smallest absolute Gasteiger partial charge is 0.307 e. The van der Waals surface area contributed by atoms with Crippen LogP contribution in [-0.2, 0) is 11.2 Å². The Hall–Kier alpha value is -0.910. The number of carbonyl (C=O) groups is 1. The van der Waals surface area contributed by atoms with Crippen LogP contribution >= 0.6 is 15.9 Å². The summed E-state index contributed by atoms with van der Waals surface area (Å²) in [6, 6.07) is 6.58. The van der Waals surface area contributed by atoms with Crippen LogP contribution in [0.5, 0.6) is 0 Å². The van der Waals surface area contributed by atoms with E-state index in [1.807, 2.05) is 0 Å². The number of hydrogen-bond donors (Lipinski definition) is 3. The first-order chi connectivity index (χ1) is 7.54. The number of aliphatic hydroxyl groups is 2. The highest BCUT2D eigenvalue weighted by atomic mass is 79.9. The molecule has 2 atom stereocenters. The highest BCUT2D eigenvalue weighted by Crippen LogP contribution is 2.19. The number of carboxylic acids is 1. The Kier molecular flexibility index (Phi) is 4.92. The minimum atomic E-state index is -1.01. The lowest BCUT2D eigenvalue weighted by Gasteiger charge is -2.16. The summed E-state index contributed by atoms with van der Waals surface area (Å²) in [6.45, 7) is 0. The maximum absolute atomic E-state index is 10.5. The molecule has 16 heavy (non-hydrogen) atoms. The van der Waals surface area contributed by atoms with Crippen LogP contribution in [-0.4, -0.2) is 32.7 Å².